The summed E-state index contributed by atoms with van der Waals surface area (Å²) >= 11 is 0. The number of aromatic nitrogens is 4. The highest BCUT2D eigenvalue weighted by atomic mass is 16.5. The zero-order valence-corrected chi connectivity index (χ0v) is 18.6. The summed E-state index contributed by atoms with van der Waals surface area (Å²) in [7, 11) is 1.64. The lowest BCUT2D eigenvalue weighted by atomic mass is 9.97. The predicted octanol–water partition coefficient (Wildman–Crippen LogP) is 2.01. The van der Waals surface area contributed by atoms with Crippen LogP contribution in [0.5, 0.6) is 5.75 Å². The first-order chi connectivity index (χ1) is 16.1. The van der Waals surface area contributed by atoms with Crippen LogP contribution in [-0.2, 0) is 22.5 Å². The summed E-state index contributed by atoms with van der Waals surface area (Å²) < 4.78 is 13.1. The highest BCUT2D eigenvalue weighted by Crippen LogP contribution is 2.23. The number of amides is 1. The number of benzene rings is 1. The summed E-state index contributed by atoms with van der Waals surface area (Å²) in [6, 6.07) is 13.0. The molecule has 1 aromatic carbocycles. The number of ether oxygens (including phenoxy) is 2. The molecule has 0 bridgehead atoms. The Bertz CT molecular complexity index is 1020. The van der Waals surface area contributed by atoms with Crippen LogP contribution in [0, 0.1) is 0 Å². The molecule has 3 heterocycles. The van der Waals surface area contributed by atoms with Gasteiger partial charge in [-0.1, -0.05) is 11.3 Å². The van der Waals surface area contributed by atoms with E-state index in [4.69, 9.17) is 9.47 Å². The van der Waals surface area contributed by atoms with Gasteiger partial charge in [-0.05, 0) is 55.7 Å². The van der Waals surface area contributed by atoms with E-state index in [0.29, 0.717) is 12.2 Å². The molecule has 0 aliphatic carbocycles. The van der Waals surface area contributed by atoms with Gasteiger partial charge in [0.05, 0.1) is 38.5 Å². The second-order valence-corrected chi connectivity index (χ2v) is 8.11. The van der Waals surface area contributed by atoms with Crippen LogP contribution < -0.4 is 10.1 Å². The molecule has 1 fully saturated rings. The van der Waals surface area contributed by atoms with E-state index in [0.717, 1.165) is 36.3 Å². The maximum atomic E-state index is 12.4. The van der Waals surface area contributed by atoms with Crippen LogP contribution in [0.1, 0.15) is 25.0 Å². The highest BCUT2D eigenvalue weighted by molar-refractivity contribution is 5.78. The van der Waals surface area contributed by atoms with Gasteiger partial charge in [-0.15, -0.1) is 5.10 Å². The lowest BCUT2D eigenvalue weighted by Gasteiger charge is -2.36. The monoisotopic (exact) mass is 451 g/mol. The van der Waals surface area contributed by atoms with Crippen LogP contribution in [-0.4, -0.2) is 63.0 Å². The Balaban J connectivity index is 1.26. The van der Waals surface area contributed by atoms with Crippen molar-refractivity contribution >= 4 is 5.91 Å². The summed E-state index contributed by atoms with van der Waals surface area (Å²) in [5, 5.41) is 21.3. The van der Waals surface area contributed by atoms with Crippen molar-refractivity contribution in [2.45, 2.75) is 50.5 Å². The summed E-state index contributed by atoms with van der Waals surface area (Å²) in [6.45, 7) is 0.513. The van der Waals surface area contributed by atoms with E-state index in [1.54, 1.807) is 18.0 Å². The predicted molar refractivity (Wildman–Crippen MR) is 121 cm³/mol. The van der Waals surface area contributed by atoms with Crippen LogP contribution in [0.3, 0.4) is 0 Å². The standard InChI is InChI=1S/C24H29N5O4/c1-32-19-7-5-17(6-8-19)22-15-29(28-27-22)13-11-20-9-10-21(23(16-30)33-20)26-24(31)14-18-4-2-3-12-25-18/h2-8,12,15,20-21,23,30H,9-11,13-14,16H2,1H3,(H,26,31)/t20-,21+,23+/m1/s1. The van der Waals surface area contributed by atoms with E-state index in [1.807, 2.05) is 48.7 Å². The van der Waals surface area contributed by atoms with Gasteiger partial charge in [-0.2, -0.15) is 0 Å². The SMILES string of the molecule is COc1ccc(-c2cn(CC[C@H]3CC[C@H](NC(=O)Cc4ccccn4)[C@H](CO)O3)nn2)cc1. The third-order valence-electron chi connectivity index (χ3n) is 5.81. The molecule has 1 amide bonds. The van der Waals surface area contributed by atoms with Crippen LogP contribution in [0.15, 0.2) is 54.9 Å². The van der Waals surface area contributed by atoms with E-state index < -0.39 is 6.10 Å². The molecule has 2 aromatic heterocycles. The second kappa shape index (κ2) is 11.0. The molecule has 1 saturated heterocycles. The van der Waals surface area contributed by atoms with Crippen molar-refractivity contribution in [1.29, 1.82) is 0 Å². The first-order valence-electron chi connectivity index (χ1n) is 11.1. The Morgan fingerprint density at radius 3 is 2.82 bits per heavy atom. The normalized spacial score (nSPS) is 20.4. The number of nitrogens with zero attached hydrogens (tertiary/aromatic N) is 4. The van der Waals surface area contributed by atoms with Crippen molar-refractivity contribution in [2.75, 3.05) is 13.7 Å². The fourth-order valence-corrected chi connectivity index (χ4v) is 4.01. The molecule has 2 N–H and O–H groups in total. The van der Waals surface area contributed by atoms with Gasteiger partial charge >= 0.3 is 0 Å². The Hall–Kier alpha value is -3.30. The number of hydrogen-bond donors (Lipinski definition) is 2. The van der Waals surface area contributed by atoms with Crippen LogP contribution in [0.25, 0.3) is 11.3 Å². The van der Waals surface area contributed by atoms with E-state index in [9.17, 15) is 9.90 Å². The van der Waals surface area contributed by atoms with Gasteiger partial charge in [0.2, 0.25) is 5.91 Å². The van der Waals surface area contributed by atoms with E-state index in [1.165, 1.54) is 0 Å². The number of hydrogen-bond acceptors (Lipinski definition) is 7. The topological polar surface area (TPSA) is 111 Å². The second-order valence-electron chi connectivity index (χ2n) is 8.11. The van der Waals surface area contributed by atoms with Crippen molar-refractivity contribution in [3.63, 3.8) is 0 Å². The number of carbonyl (C=O) groups excluding carboxylic acids is 1. The van der Waals surface area contributed by atoms with Gasteiger partial charge < -0.3 is 19.9 Å². The number of aliphatic hydroxyl groups excluding tert-OH is 1. The van der Waals surface area contributed by atoms with Crippen LogP contribution in [0.2, 0.25) is 0 Å². The molecule has 0 saturated carbocycles. The number of aryl methyl sites for hydroxylation is 1. The van der Waals surface area contributed by atoms with Gasteiger partial charge in [-0.3, -0.25) is 14.5 Å². The average molecular weight is 452 g/mol. The summed E-state index contributed by atoms with van der Waals surface area (Å²) in [5.74, 6) is 0.679. The van der Waals surface area contributed by atoms with Gasteiger partial charge in [0.15, 0.2) is 0 Å². The zero-order chi connectivity index (χ0) is 23.0. The molecule has 174 valence electrons. The van der Waals surface area contributed by atoms with Crippen molar-refractivity contribution in [3.05, 3.63) is 60.6 Å². The lowest BCUT2D eigenvalue weighted by molar-refractivity contribution is -0.128. The first-order valence-corrected chi connectivity index (χ1v) is 11.1. The van der Waals surface area contributed by atoms with Crippen molar-refractivity contribution in [2.24, 2.45) is 0 Å². The fourth-order valence-electron chi connectivity index (χ4n) is 4.01. The Kier molecular flexibility index (Phi) is 7.64. The molecule has 1 aliphatic rings. The highest BCUT2D eigenvalue weighted by Gasteiger charge is 2.31. The molecular formula is C24H29N5O4. The Morgan fingerprint density at radius 1 is 1.24 bits per heavy atom. The fraction of sp³-hybridized carbons (Fsp3) is 0.417. The van der Waals surface area contributed by atoms with E-state index in [-0.39, 0.29) is 31.1 Å². The van der Waals surface area contributed by atoms with Crippen molar-refractivity contribution < 1.29 is 19.4 Å². The summed E-state index contributed by atoms with van der Waals surface area (Å²) in [5.41, 5.74) is 2.48. The number of aliphatic hydroxyl groups is 1. The quantitative estimate of drug-likeness (QED) is 0.512. The lowest BCUT2D eigenvalue weighted by Crippen LogP contribution is -2.51. The third kappa shape index (κ3) is 6.15. The number of methoxy groups -OCH3 is 1. The van der Waals surface area contributed by atoms with Crippen molar-refractivity contribution in [3.8, 4) is 17.0 Å². The largest absolute Gasteiger partial charge is 0.497 e. The molecule has 3 aromatic rings. The molecule has 1 aliphatic heterocycles. The van der Waals surface area contributed by atoms with E-state index in [2.05, 4.69) is 20.6 Å². The molecule has 0 unspecified atom stereocenters. The molecule has 4 rings (SSSR count). The minimum Gasteiger partial charge on any atom is -0.497 e. The number of rotatable bonds is 9. The Labute approximate surface area is 192 Å². The van der Waals surface area contributed by atoms with Gasteiger partial charge in [-0.25, -0.2) is 0 Å². The molecule has 0 radical (unpaired) electrons. The first kappa shape index (κ1) is 22.9. The molecular weight excluding hydrogens is 422 g/mol. The minimum absolute atomic E-state index is 0.0141. The van der Waals surface area contributed by atoms with Crippen LogP contribution in [0.4, 0.5) is 0 Å². The zero-order valence-electron chi connectivity index (χ0n) is 18.6. The minimum atomic E-state index is -0.429. The summed E-state index contributed by atoms with van der Waals surface area (Å²) in [4.78, 5) is 16.6. The van der Waals surface area contributed by atoms with Gasteiger partial charge in [0.25, 0.3) is 0 Å². The smallest absolute Gasteiger partial charge is 0.226 e. The number of carbonyl (C=O) groups is 1. The number of nitrogens with one attached hydrogen (secondary N) is 1. The van der Waals surface area contributed by atoms with Gasteiger partial charge in [0.1, 0.15) is 17.5 Å². The maximum absolute atomic E-state index is 12.4. The van der Waals surface area contributed by atoms with Gasteiger partial charge in [0, 0.05) is 24.0 Å². The van der Waals surface area contributed by atoms with Crippen LogP contribution >= 0.6 is 0 Å². The van der Waals surface area contributed by atoms with Crippen molar-refractivity contribution in [1.82, 2.24) is 25.3 Å². The molecule has 9 nitrogen and oxygen atoms in total. The Morgan fingerprint density at radius 2 is 2.09 bits per heavy atom. The maximum Gasteiger partial charge on any atom is 0.226 e. The molecule has 0 spiro atoms. The molecule has 33 heavy (non-hydrogen) atoms. The third-order valence-corrected chi connectivity index (χ3v) is 5.81. The number of pyridine rings is 1. The molecule has 3 atom stereocenters. The summed E-state index contributed by atoms with van der Waals surface area (Å²) in [6.07, 6.45) is 5.64. The average Bonchev–Trinajstić information content (AvgIpc) is 3.33. The van der Waals surface area contributed by atoms with E-state index >= 15 is 0 Å². The molecule has 9 heteroatoms.